The van der Waals surface area contributed by atoms with Crippen LogP contribution in [0.2, 0.25) is 0 Å². The molecule has 5 nitrogen and oxygen atoms in total. The maximum absolute atomic E-state index is 11.9. The van der Waals surface area contributed by atoms with Crippen LogP contribution in [0.5, 0.6) is 0 Å². The minimum absolute atomic E-state index is 0.346. The van der Waals surface area contributed by atoms with E-state index in [0.29, 0.717) is 24.5 Å². The second kappa shape index (κ2) is 6.66. The van der Waals surface area contributed by atoms with Gasteiger partial charge in [-0.05, 0) is 11.1 Å². The SMILES string of the molecule is O=S1(=O)NC(Cc2ccccc2)=CC(=NCc2ccccc2)N1. The summed E-state index contributed by atoms with van der Waals surface area (Å²) in [5, 5.41) is 0. The van der Waals surface area contributed by atoms with Crippen molar-refractivity contribution < 1.29 is 8.42 Å². The lowest BCUT2D eigenvalue weighted by Gasteiger charge is -2.19. The van der Waals surface area contributed by atoms with Gasteiger partial charge in [-0.25, -0.2) is 0 Å². The van der Waals surface area contributed by atoms with E-state index in [1.165, 1.54) is 0 Å². The maximum atomic E-state index is 11.9. The molecule has 0 unspecified atom stereocenters. The predicted molar refractivity (Wildman–Crippen MR) is 91.0 cm³/mol. The first-order valence-electron chi connectivity index (χ1n) is 7.24. The van der Waals surface area contributed by atoms with Crippen LogP contribution in [0.1, 0.15) is 11.1 Å². The molecule has 0 radical (unpaired) electrons. The van der Waals surface area contributed by atoms with Gasteiger partial charge in [-0.3, -0.25) is 14.4 Å². The molecule has 0 spiro atoms. The fourth-order valence-corrected chi connectivity index (χ4v) is 3.23. The Kier molecular flexibility index (Phi) is 4.43. The molecule has 118 valence electrons. The van der Waals surface area contributed by atoms with Crippen molar-refractivity contribution in [2.24, 2.45) is 4.99 Å². The summed E-state index contributed by atoms with van der Waals surface area (Å²) in [5.74, 6) is 0.346. The van der Waals surface area contributed by atoms with E-state index in [1.54, 1.807) is 6.08 Å². The van der Waals surface area contributed by atoms with Crippen LogP contribution in [0.4, 0.5) is 0 Å². The standard InChI is InChI=1S/C17H17N3O2S/c21-23(22)19-16(11-14-7-3-1-4-8-14)12-17(20-23)18-13-15-9-5-2-6-10-15/h1-10,12,19H,11,13H2,(H,18,20). The van der Waals surface area contributed by atoms with E-state index in [1.807, 2.05) is 60.7 Å². The molecule has 1 aliphatic rings. The number of nitrogens with zero attached hydrogens (tertiary/aromatic N) is 1. The highest BCUT2D eigenvalue weighted by Crippen LogP contribution is 2.10. The highest BCUT2D eigenvalue weighted by molar-refractivity contribution is 7.88. The second-order valence-electron chi connectivity index (χ2n) is 5.23. The number of nitrogens with one attached hydrogen (secondary N) is 2. The number of amidine groups is 1. The molecule has 2 aromatic carbocycles. The van der Waals surface area contributed by atoms with Crippen molar-refractivity contribution in [3.8, 4) is 0 Å². The third-order valence-corrected chi connectivity index (χ3v) is 4.34. The number of benzene rings is 2. The molecule has 2 N–H and O–H groups in total. The quantitative estimate of drug-likeness (QED) is 0.903. The Labute approximate surface area is 136 Å². The molecule has 0 bridgehead atoms. The van der Waals surface area contributed by atoms with Gasteiger partial charge in [-0.15, -0.1) is 0 Å². The zero-order valence-corrected chi connectivity index (χ0v) is 13.3. The molecule has 0 amide bonds. The van der Waals surface area contributed by atoms with Crippen molar-refractivity contribution >= 4 is 16.0 Å². The topological polar surface area (TPSA) is 70.6 Å². The summed E-state index contributed by atoms with van der Waals surface area (Å²) >= 11 is 0. The number of rotatable bonds is 4. The minimum Gasteiger partial charge on any atom is -0.270 e. The van der Waals surface area contributed by atoms with Crippen LogP contribution in [0.3, 0.4) is 0 Å². The highest BCUT2D eigenvalue weighted by atomic mass is 32.2. The van der Waals surface area contributed by atoms with Gasteiger partial charge < -0.3 is 0 Å². The third kappa shape index (κ3) is 4.43. The van der Waals surface area contributed by atoms with E-state index in [4.69, 9.17) is 0 Å². The maximum Gasteiger partial charge on any atom is 0.322 e. The molecule has 3 rings (SSSR count). The van der Waals surface area contributed by atoms with E-state index in [9.17, 15) is 8.42 Å². The minimum atomic E-state index is -3.60. The first-order valence-corrected chi connectivity index (χ1v) is 8.72. The number of aliphatic imine (C=N–C) groups is 1. The van der Waals surface area contributed by atoms with Gasteiger partial charge in [0.25, 0.3) is 0 Å². The Morgan fingerprint density at radius 1 is 0.826 bits per heavy atom. The van der Waals surface area contributed by atoms with Crippen molar-refractivity contribution in [3.63, 3.8) is 0 Å². The summed E-state index contributed by atoms with van der Waals surface area (Å²) < 4.78 is 28.8. The highest BCUT2D eigenvalue weighted by Gasteiger charge is 2.19. The third-order valence-electron chi connectivity index (χ3n) is 3.33. The van der Waals surface area contributed by atoms with E-state index < -0.39 is 10.2 Å². The normalized spacial score (nSPS) is 17.9. The fourth-order valence-electron chi connectivity index (χ4n) is 2.30. The van der Waals surface area contributed by atoms with Crippen LogP contribution >= 0.6 is 0 Å². The van der Waals surface area contributed by atoms with E-state index in [0.717, 1.165) is 11.1 Å². The smallest absolute Gasteiger partial charge is 0.270 e. The van der Waals surface area contributed by atoms with Crippen LogP contribution in [0.15, 0.2) is 77.4 Å². The van der Waals surface area contributed by atoms with Gasteiger partial charge >= 0.3 is 10.2 Å². The Balaban J connectivity index is 1.80. The Hall–Kier alpha value is -2.60. The summed E-state index contributed by atoms with van der Waals surface area (Å²) in [7, 11) is -3.60. The zero-order valence-electron chi connectivity index (χ0n) is 12.4. The van der Waals surface area contributed by atoms with Gasteiger partial charge in [-0.1, -0.05) is 60.7 Å². The number of hydrogen-bond acceptors (Lipinski definition) is 3. The Morgan fingerprint density at radius 2 is 1.43 bits per heavy atom. The van der Waals surface area contributed by atoms with E-state index in [-0.39, 0.29) is 0 Å². The lowest BCUT2D eigenvalue weighted by Crippen LogP contribution is -2.44. The second-order valence-corrected chi connectivity index (χ2v) is 6.64. The molecule has 0 fully saturated rings. The molecule has 0 aromatic heterocycles. The number of hydrogen-bond donors (Lipinski definition) is 2. The van der Waals surface area contributed by atoms with Crippen LogP contribution < -0.4 is 9.44 Å². The van der Waals surface area contributed by atoms with Crippen LogP contribution in [0.25, 0.3) is 0 Å². The van der Waals surface area contributed by atoms with Gasteiger partial charge in [-0.2, -0.15) is 8.42 Å². The van der Waals surface area contributed by atoms with Crippen molar-refractivity contribution in [1.82, 2.24) is 9.44 Å². The molecule has 23 heavy (non-hydrogen) atoms. The molecule has 6 heteroatoms. The molecule has 0 atom stereocenters. The van der Waals surface area contributed by atoms with Crippen molar-refractivity contribution in [1.29, 1.82) is 0 Å². The zero-order chi connectivity index (χ0) is 16.1. The molecule has 0 saturated heterocycles. The van der Waals surface area contributed by atoms with E-state index in [2.05, 4.69) is 14.4 Å². The van der Waals surface area contributed by atoms with Gasteiger partial charge in [0.1, 0.15) is 5.84 Å². The molecule has 0 saturated carbocycles. The van der Waals surface area contributed by atoms with Crippen LogP contribution in [-0.4, -0.2) is 14.3 Å². The summed E-state index contributed by atoms with van der Waals surface area (Å²) in [6.07, 6.45) is 2.24. The fraction of sp³-hybridized carbons (Fsp3) is 0.118. The Morgan fingerprint density at radius 3 is 2.09 bits per heavy atom. The molecular weight excluding hydrogens is 310 g/mol. The van der Waals surface area contributed by atoms with Crippen molar-refractivity contribution in [2.75, 3.05) is 0 Å². The Bertz CT molecular complexity index is 829. The summed E-state index contributed by atoms with van der Waals surface area (Å²) in [5.41, 5.74) is 2.66. The van der Waals surface area contributed by atoms with Gasteiger partial charge in [0.2, 0.25) is 0 Å². The number of allylic oxidation sites excluding steroid dienone is 1. The monoisotopic (exact) mass is 327 g/mol. The molecule has 1 aliphatic heterocycles. The summed E-state index contributed by atoms with van der Waals surface area (Å²) in [6, 6.07) is 19.4. The van der Waals surface area contributed by atoms with Crippen LogP contribution in [-0.2, 0) is 23.2 Å². The van der Waals surface area contributed by atoms with Gasteiger partial charge in [0.05, 0.1) is 6.54 Å². The van der Waals surface area contributed by atoms with Crippen LogP contribution in [0, 0.1) is 0 Å². The largest absolute Gasteiger partial charge is 0.322 e. The van der Waals surface area contributed by atoms with Crippen molar-refractivity contribution in [3.05, 3.63) is 83.6 Å². The van der Waals surface area contributed by atoms with Gasteiger partial charge in [0.15, 0.2) is 0 Å². The first kappa shape index (κ1) is 15.3. The summed E-state index contributed by atoms with van der Waals surface area (Å²) in [4.78, 5) is 4.35. The molecule has 1 heterocycles. The first-order chi connectivity index (χ1) is 11.1. The predicted octanol–water partition coefficient (Wildman–Crippen LogP) is 2.15. The van der Waals surface area contributed by atoms with E-state index >= 15 is 0 Å². The lowest BCUT2D eigenvalue weighted by molar-refractivity contribution is 0.582. The molecular formula is C17H17N3O2S. The molecule has 0 aliphatic carbocycles. The van der Waals surface area contributed by atoms with Gasteiger partial charge in [0, 0.05) is 18.2 Å². The average molecular weight is 327 g/mol. The molecule has 2 aromatic rings. The lowest BCUT2D eigenvalue weighted by atomic mass is 10.1. The average Bonchev–Trinajstić information content (AvgIpc) is 2.53. The summed E-state index contributed by atoms with van der Waals surface area (Å²) in [6.45, 7) is 0.424. The van der Waals surface area contributed by atoms with Crippen molar-refractivity contribution in [2.45, 2.75) is 13.0 Å².